The predicted molar refractivity (Wildman–Crippen MR) is 117 cm³/mol. The Balaban J connectivity index is 0.00000320. The van der Waals surface area contributed by atoms with Crippen molar-refractivity contribution >= 4 is 11.4 Å². The first-order valence-electron chi connectivity index (χ1n) is 10.8. The molecule has 1 atom stereocenters. The van der Waals surface area contributed by atoms with Crippen LogP contribution in [0.2, 0.25) is 0 Å². The average Bonchev–Trinajstić information content (AvgIpc) is 2.73. The highest BCUT2D eigenvalue weighted by Crippen LogP contribution is 2.36. The van der Waals surface area contributed by atoms with Crippen LogP contribution in [-0.4, -0.2) is 30.5 Å². The van der Waals surface area contributed by atoms with E-state index in [1.54, 1.807) is 26.4 Å². The van der Waals surface area contributed by atoms with Crippen molar-refractivity contribution in [2.75, 3.05) is 14.2 Å². The van der Waals surface area contributed by atoms with Crippen molar-refractivity contribution in [3.05, 3.63) is 53.3 Å². The van der Waals surface area contributed by atoms with Crippen LogP contribution in [0, 0.1) is 5.82 Å². The number of ether oxygens (including phenoxy) is 2. The number of unbranched alkanes of at least 4 members (excludes halogenated alkanes) is 4. The topological polar surface area (TPSA) is 21.5 Å². The number of halogens is 2. The van der Waals surface area contributed by atoms with E-state index in [9.17, 15) is 4.39 Å². The molecule has 1 unspecified atom stereocenters. The summed E-state index contributed by atoms with van der Waals surface area (Å²) in [5, 5.41) is 0. The van der Waals surface area contributed by atoms with E-state index in [-0.39, 0.29) is 24.3 Å². The highest BCUT2D eigenvalue weighted by atomic mass is 35.5. The lowest BCUT2D eigenvalue weighted by atomic mass is 9.89. The number of hydrogen-bond donors (Lipinski definition) is 0. The van der Waals surface area contributed by atoms with Crippen LogP contribution < -0.4 is 21.9 Å². The summed E-state index contributed by atoms with van der Waals surface area (Å²) in [4.78, 5) is 0. The Morgan fingerprint density at radius 2 is 1.67 bits per heavy atom. The molecule has 0 aromatic heterocycles. The van der Waals surface area contributed by atoms with Gasteiger partial charge in [0, 0.05) is 24.5 Å². The number of fused-ring (bicyclic) bond motifs is 1. The molecule has 2 aromatic carbocycles. The zero-order valence-corrected chi connectivity index (χ0v) is 19.3. The van der Waals surface area contributed by atoms with Gasteiger partial charge in [-0.2, -0.15) is 8.97 Å². The molecule has 5 heteroatoms. The van der Waals surface area contributed by atoms with Crippen LogP contribution in [-0.2, 0) is 6.42 Å². The van der Waals surface area contributed by atoms with E-state index in [2.05, 4.69) is 30.6 Å². The van der Waals surface area contributed by atoms with E-state index in [0.29, 0.717) is 5.69 Å². The first-order chi connectivity index (χ1) is 14.1. The molecule has 0 spiro atoms. The Morgan fingerprint density at radius 1 is 1.00 bits per heavy atom. The molecule has 0 radical (unpaired) electrons. The minimum atomic E-state index is -0.174. The molecule has 0 bridgehead atoms. The molecule has 0 aliphatic carbocycles. The third-order valence-corrected chi connectivity index (χ3v) is 5.80. The van der Waals surface area contributed by atoms with E-state index >= 15 is 0 Å². The molecule has 0 saturated heterocycles. The van der Waals surface area contributed by atoms with E-state index in [4.69, 9.17) is 9.47 Å². The second kappa shape index (κ2) is 11.4. The van der Waals surface area contributed by atoms with E-state index in [1.807, 2.05) is 12.1 Å². The van der Waals surface area contributed by atoms with Gasteiger partial charge in [-0.15, -0.1) is 0 Å². The van der Waals surface area contributed by atoms with Crippen LogP contribution in [0.4, 0.5) is 10.1 Å². The average molecular weight is 434 g/mol. The van der Waals surface area contributed by atoms with Crippen LogP contribution >= 0.6 is 0 Å². The van der Waals surface area contributed by atoms with Crippen molar-refractivity contribution in [2.45, 2.75) is 64.8 Å². The second-order valence-electron chi connectivity index (χ2n) is 7.85. The Kier molecular flexibility index (Phi) is 9.16. The third-order valence-electron chi connectivity index (χ3n) is 5.80. The maximum Gasteiger partial charge on any atom is 0.241 e. The maximum atomic E-state index is 14.7. The van der Waals surface area contributed by atoms with E-state index in [1.165, 1.54) is 37.0 Å². The Bertz CT molecular complexity index is 881. The quantitative estimate of drug-likeness (QED) is 0.447. The van der Waals surface area contributed by atoms with Gasteiger partial charge in [-0.05, 0) is 37.1 Å². The third kappa shape index (κ3) is 5.15. The number of methoxy groups -OCH3 is 2. The Hall–Kier alpha value is -2.07. The number of hydrogen-bond acceptors (Lipinski definition) is 2. The molecule has 1 aliphatic heterocycles. The summed E-state index contributed by atoms with van der Waals surface area (Å²) in [6, 6.07) is 11.4. The van der Waals surface area contributed by atoms with Crippen molar-refractivity contribution in [2.24, 2.45) is 0 Å². The van der Waals surface area contributed by atoms with Gasteiger partial charge in [0.15, 0.2) is 29.1 Å². The van der Waals surface area contributed by atoms with Gasteiger partial charge in [0.05, 0.1) is 14.2 Å². The lowest BCUT2D eigenvalue weighted by Gasteiger charge is -2.25. The van der Waals surface area contributed by atoms with Crippen molar-refractivity contribution in [1.29, 1.82) is 0 Å². The van der Waals surface area contributed by atoms with Gasteiger partial charge in [0.1, 0.15) is 0 Å². The van der Waals surface area contributed by atoms with Crippen LogP contribution in [0.1, 0.15) is 63.5 Å². The normalized spacial score (nSPS) is 15.4. The molecule has 30 heavy (non-hydrogen) atoms. The highest BCUT2D eigenvalue weighted by molar-refractivity contribution is 6.00. The highest BCUT2D eigenvalue weighted by Gasteiger charge is 2.35. The smallest absolute Gasteiger partial charge is 0.241 e. The Morgan fingerprint density at radius 3 is 2.33 bits per heavy atom. The lowest BCUT2D eigenvalue weighted by Crippen LogP contribution is -3.00. The van der Waals surface area contributed by atoms with Gasteiger partial charge in [-0.3, -0.25) is 0 Å². The zero-order valence-electron chi connectivity index (χ0n) is 18.5. The van der Waals surface area contributed by atoms with Crippen molar-refractivity contribution in [1.82, 2.24) is 0 Å². The number of rotatable bonds is 9. The molecule has 0 saturated carbocycles. The van der Waals surface area contributed by atoms with Gasteiger partial charge in [-0.1, -0.05) is 44.7 Å². The van der Waals surface area contributed by atoms with Gasteiger partial charge in [0.2, 0.25) is 5.69 Å². The van der Waals surface area contributed by atoms with Crippen molar-refractivity contribution in [3.63, 3.8) is 0 Å². The fraction of sp³-hybridized carbons (Fsp3) is 0.480. The van der Waals surface area contributed by atoms with Crippen molar-refractivity contribution in [3.8, 4) is 11.5 Å². The fourth-order valence-electron chi connectivity index (χ4n) is 4.35. The summed E-state index contributed by atoms with van der Waals surface area (Å²) in [5.74, 6) is 1.30. The predicted octanol–water partition coefficient (Wildman–Crippen LogP) is 3.29. The van der Waals surface area contributed by atoms with Crippen LogP contribution in [0.5, 0.6) is 11.5 Å². The number of nitrogens with zero attached hydrogens (tertiary/aromatic N) is 1. The molecular formula is C25H33ClFNO2. The first kappa shape index (κ1) is 24.2. The summed E-state index contributed by atoms with van der Waals surface area (Å²) >= 11 is 0. The molecule has 0 N–H and O–H groups in total. The lowest BCUT2D eigenvalue weighted by molar-refractivity contribution is -0.485. The fourth-order valence-corrected chi connectivity index (χ4v) is 4.35. The van der Waals surface area contributed by atoms with E-state index < -0.39 is 0 Å². The molecule has 164 valence electrons. The minimum absolute atomic E-state index is 0. The number of benzene rings is 2. The summed E-state index contributed by atoms with van der Waals surface area (Å²) < 4.78 is 28.0. The standard InChI is InChI=1S/C25H33FNO2.ClH/c1-5-6-7-8-9-13-22-20-17-25(29-4)24(28-3)16-19(20)15-18(2)27(22)23-14-11-10-12-21(23)26;/h10-12,14,16-18H,5-9,13,15H2,1-4H3;1H/q+1;/p-1. The Labute approximate surface area is 186 Å². The first-order valence-corrected chi connectivity index (χ1v) is 10.8. The van der Waals surface area contributed by atoms with Gasteiger partial charge in [-0.25, -0.2) is 0 Å². The molecule has 3 nitrogen and oxygen atoms in total. The molecular weight excluding hydrogens is 401 g/mol. The van der Waals surface area contributed by atoms with Crippen molar-refractivity contribution < 1.29 is 30.8 Å². The zero-order chi connectivity index (χ0) is 20.8. The SMILES string of the molecule is CCCCCCCC1=[N+](c2ccccc2F)C(C)Cc2cc(OC)c(OC)cc21.[Cl-]. The molecule has 0 fully saturated rings. The summed E-state index contributed by atoms with van der Waals surface area (Å²) in [7, 11) is 3.33. The molecule has 0 amide bonds. The number of para-hydroxylation sites is 1. The largest absolute Gasteiger partial charge is 1.00 e. The summed E-state index contributed by atoms with van der Waals surface area (Å²) in [6.07, 6.45) is 7.80. The van der Waals surface area contributed by atoms with Gasteiger partial charge < -0.3 is 21.9 Å². The van der Waals surface area contributed by atoms with Crippen LogP contribution in [0.25, 0.3) is 0 Å². The maximum absolute atomic E-state index is 14.7. The van der Waals surface area contributed by atoms with Crippen LogP contribution in [0.3, 0.4) is 0 Å². The van der Waals surface area contributed by atoms with Gasteiger partial charge in [0.25, 0.3) is 0 Å². The summed E-state index contributed by atoms with van der Waals surface area (Å²) in [6.45, 7) is 4.40. The van der Waals surface area contributed by atoms with E-state index in [0.717, 1.165) is 36.3 Å². The molecule has 1 heterocycles. The second-order valence-corrected chi connectivity index (χ2v) is 7.85. The van der Waals surface area contributed by atoms with Gasteiger partial charge >= 0.3 is 0 Å². The monoisotopic (exact) mass is 433 g/mol. The molecule has 2 aromatic rings. The molecule has 1 aliphatic rings. The van der Waals surface area contributed by atoms with Crippen LogP contribution in [0.15, 0.2) is 36.4 Å². The summed E-state index contributed by atoms with van der Waals surface area (Å²) in [5.41, 5.74) is 4.23. The minimum Gasteiger partial charge on any atom is -1.00 e. The molecule has 3 rings (SSSR count).